The van der Waals surface area contributed by atoms with Crippen molar-refractivity contribution in [2.75, 3.05) is 0 Å². The highest BCUT2D eigenvalue weighted by Gasteiger charge is 2.35. The minimum absolute atomic E-state index is 0.567. The highest BCUT2D eigenvalue weighted by atomic mass is 14.4. The minimum Gasteiger partial charge on any atom is -0.0917 e. The molecule has 0 radical (unpaired) electrons. The summed E-state index contributed by atoms with van der Waals surface area (Å²) in [5, 5.41) is 0. The van der Waals surface area contributed by atoms with Gasteiger partial charge in [0.15, 0.2) is 0 Å². The first-order valence-corrected chi connectivity index (χ1v) is 5.69. The van der Waals surface area contributed by atoms with Gasteiger partial charge in [0.1, 0.15) is 0 Å². The maximum atomic E-state index is 2.44. The van der Waals surface area contributed by atoms with Gasteiger partial charge in [-0.3, -0.25) is 0 Å². The number of hydrogen-bond donors (Lipinski definition) is 0. The topological polar surface area (TPSA) is 0 Å². The van der Waals surface area contributed by atoms with Gasteiger partial charge in [0, 0.05) is 0 Å². The van der Waals surface area contributed by atoms with E-state index in [-0.39, 0.29) is 0 Å². The van der Waals surface area contributed by atoms with Crippen molar-refractivity contribution < 1.29 is 0 Å². The highest BCUT2D eigenvalue weighted by molar-refractivity contribution is 4.92. The number of hydrogen-bond acceptors (Lipinski definition) is 0. The van der Waals surface area contributed by atoms with E-state index in [9.17, 15) is 0 Å². The molecule has 1 fully saturated rings. The molecule has 1 aliphatic rings. The Bertz CT molecular complexity index is 176. The molecule has 0 heterocycles. The van der Waals surface area contributed by atoms with E-state index >= 15 is 0 Å². The van der Waals surface area contributed by atoms with E-state index in [0.717, 1.165) is 11.8 Å². The Balaban J connectivity index is 2.63. The molecule has 0 heteroatoms. The Morgan fingerprint density at radius 2 is 2.08 bits per heavy atom. The largest absolute Gasteiger partial charge is 0.0917 e. The fourth-order valence-electron chi connectivity index (χ4n) is 2.87. The van der Waals surface area contributed by atoms with Gasteiger partial charge in [-0.05, 0) is 37.0 Å². The standard InChI is InChI=1S/C13H24/c1-5-6-9-12-11(2)8-7-10-13(12,3)4/h5-6,11-12H,7-10H2,1-4H3/b6-5+/t11-,12+/m1/s1. The second-order valence-corrected chi connectivity index (χ2v) is 5.27. The SMILES string of the molecule is C/C=C/C[C@H]1[C@H](C)CCCC1(C)C. The molecular weight excluding hydrogens is 156 g/mol. The van der Waals surface area contributed by atoms with Gasteiger partial charge in [0.25, 0.3) is 0 Å². The maximum Gasteiger partial charge on any atom is -0.0302 e. The third-order valence-corrected chi connectivity index (χ3v) is 3.80. The van der Waals surface area contributed by atoms with Gasteiger partial charge < -0.3 is 0 Å². The molecule has 0 aromatic rings. The molecule has 0 saturated heterocycles. The van der Waals surface area contributed by atoms with Crippen LogP contribution in [0, 0.1) is 17.3 Å². The van der Waals surface area contributed by atoms with Gasteiger partial charge in [-0.15, -0.1) is 0 Å². The molecular formula is C13H24. The molecule has 0 aromatic carbocycles. The minimum atomic E-state index is 0.567. The predicted octanol–water partition coefficient (Wildman–Crippen LogP) is 4.42. The van der Waals surface area contributed by atoms with Gasteiger partial charge >= 0.3 is 0 Å². The maximum absolute atomic E-state index is 2.44. The van der Waals surface area contributed by atoms with Crippen LogP contribution in [0.1, 0.15) is 53.4 Å². The zero-order chi connectivity index (χ0) is 9.90. The van der Waals surface area contributed by atoms with Crippen LogP contribution in [-0.2, 0) is 0 Å². The van der Waals surface area contributed by atoms with Crippen molar-refractivity contribution in [3.8, 4) is 0 Å². The summed E-state index contributed by atoms with van der Waals surface area (Å²) in [7, 11) is 0. The van der Waals surface area contributed by atoms with Crippen LogP contribution in [0.15, 0.2) is 12.2 Å². The van der Waals surface area contributed by atoms with Gasteiger partial charge in [0.05, 0.1) is 0 Å². The third-order valence-electron chi connectivity index (χ3n) is 3.80. The summed E-state index contributed by atoms with van der Waals surface area (Å²) in [6.07, 6.45) is 10.1. The fraction of sp³-hybridized carbons (Fsp3) is 0.846. The quantitative estimate of drug-likeness (QED) is 0.552. The summed E-state index contributed by atoms with van der Waals surface area (Å²) < 4.78 is 0. The smallest absolute Gasteiger partial charge is 0.0302 e. The van der Waals surface area contributed by atoms with Gasteiger partial charge in [-0.25, -0.2) is 0 Å². The van der Waals surface area contributed by atoms with E-state index in [4.69, 9.17) is 0 Å². The van der Waals surface area contributed by atoms with Crippen molar-refractivity contribution in [3.05, 3.63) is 12.2 Å². The van der Waals surface area contributed by atoms with Crippen LogP contribution in [0.2, 0.25) is 0 Å². The number of allylic oxidation sites excluding steroid dienone is 2. The normalized spacial score (nSPS) is 33.8. The van der Waals surface area contributed by atoms with Crippen molar-refractivity contribution >= 4 is 0 Å². The molecule has 1 aliphatic carbocycles. The number of rotatable bonds is 2. The molecule has 0 unspecified atom stereocenters. The lowest BCUT2D eigenvalue weighted by Crippen LogP contribution is -2.33. The van der Waals surface area contributed by atoms with E-state index in [2.05, 4.69) is 39.8 Å². The summed E-state index contributed by atoms with van der Waals surface area (Å²) in [5.41, 5.74) is 0.567. The second kappa shape index (κ2) is 4.30. The molecule has 13 heavy (non-hydrogen) atoms. The lowest BCUT2D eigenvalue weighted by atomic mass is 9.63. The molecule has 0 amide bonds. The van der Waals surface area contributed by atoms with Gasteiger partial charge in [-0.1, -0.05) is 45.8 Å². The van der Waals surface area contributed by atoms with Crippen LogP contribution in [0.3, 0.4) is 0 Å². The van der Waals surface area contributed by atoms with Crippen LogP contribution >= 0.6 is 0 Å². The predicted molar refractivity (Wildman–Crippen MR) is 59.7 cm³/mol. The monoisotopic (exact) mass is 180 g/mol. The molecule has 0 spiro atoms. The fourth-order valence-corrected chi connectivity index (χ4v) is 2.87. The zero-order valence-corrected chi connectivity index (χ0v) is 9.64. The van der Waals surface area contributed by atoms with Crippen molar-refractivity contribution in [2.24, 2.45) is 17.3 Å². The molecule has 1 saturated carbocycles. The second-order valence-electron chi connectivity index (χ2n) is 5.27. The van der Waals surface area contributed by atoms with E-state index in [1.807, 2.05) is 0 Å². The van der Waals surface area contributed by atoms with Crippen molar-refractivity contribution in [1.82, 2.24) is 0 Å². The molecule has 0 nitrogen and oxygen atoms in total. The summed E-state index contributed by atoms with van der Waals surface area (Å²) in [6.45, 7) is 9.43. The Morgan fingerprint density at radius 3 is 2.62 bits per heavy atom. The Hall–Kier alpha value is -0.260. The van der Waals surface area contributed by atoms with Crippen molar-refractivity contribution in [1.29, 1.82) is 0 Å². The summed E-state index contributed by atoms with van der Waals surface area (Å²) in [6, 6.07) is 0. The molecule has 1 rings (SSSR count). The highest BCUT2D eigenvalue weighted by Crippen LogP contribution is 2.45. The molecule has 0 bridgehead atoms. The average Bonchev–Trinajstić information content (AvgIpc) is 2.02. The Kier molecular flexibility index (Phi) is 3.58. The molecule has 2 atom stereocenters. The average molecular weight is 180 g/mol. The Morgan fingerprint density at radius 1 is 1.38 bits per heavy atom. The van der Waals surface area contributed by atoms with E-state index in [1.165, 1.54) is 25.7 Å². The van der Waals surface area contributed by atoms with Crippen LogP contribution in [0.25, 0.3) is 0 Å². The van der Waals surface area contributed by atoms with E-state index < -0.39 is 0 Å². The van der Waals surface area contributed by atoms with Crippen LogP contribution < -0.4 is 0 Å². The summed E-state index contributed by atoms with van der Waals surface area (Å²) in [4.78, 5) is 0. The lowest BCUT2D eigenvalue weighted by molar-refractivity contribution is 0.0863. The van der Waals surface area contributed by atoms with Crippen molar-refractivity contribution in [3.63, 3.8) is 0 Å². The first-order chi connectivity index (χ1) is 6.08. The van der Waals surface area contributed by atoms with Crippen LogP contribution in [0.5, 0.6) is 0 Å². The van der Waals surface area contributed by atoms with E-state index in [1.54, 1.807) is 0 Å². The third kappa shape index (κ3) is 2.59. The molecule has 0 N–H and O–H groups in total. The lowest BCUT2D eigenvalue weighted by Gasteiger charge is -2.42. The Labute approximate surface area is 83.4 Å². The van der Waals surface area contributed by atoms with Crippen molar-refractivity contribution in [2.45, 2.75) is 53.4 Å². The molecule has 76 valence electrons. The molecule has 0 aliphatic heterocycles. The zero-order valence-electron chi connectivity index (χ0n) is 9.64. The first kappa shape index (κ1) is 10.8. The van der Waals surface area contributed by atoms with Gasteiger partial charge in [-0.2, -0.15) is 0 Å². The molecule has 0 aromatic heterocycles. The summed E-state index contributed by atoms with van der Waals surface area (Å²) in [5.74, 6) is 1.82. The summed E-state index contributed by atoms with van der Waals surface area (Å²) >= 11 is 0. The first-order valence-electron chi connectivity index (χ1n) is 5.69. The van der Waals surface area contributed by atoms with Gasteiger partial charge in [0.2, 0.25) is 0 Å². The van der Waals surface area contributed by atoms with Crippen LogP contribution in [-0.4, -0.2) is 0 Å². The van der Waals surface area contributed by atoms with E-state index in [0.29, 0.717) is 5.41 Å². The van der Waals surface area contributed by atoms with Crippen LogP contribution in [0.4, 0.5) is 0 Å².